The summed E-state index contributed by atoms with van der Waals surface area (Å²) in [6.07, 6.45) is 4.15. The Morgan fingerprint density at radius 2 is 2.00 bits per heavy atom. The molecule has 0 spiro atoms. The van der Waals surface area contributed by atoms with Crippen molar-refractivity contribution in [3.8, 4) is 5.88 Å². The number of carbonyl (C=O) groups is 2. The number of ether oxygens (including phenoxy) is 2. The van der Waals surface area contributed by atoms with Crippen LogP contribution in [0.25, 0.3) is 0 Å². The van der Waals surface area contributed by atoms with Gasteiger partial charge in [0.1, 0.15) is 10.6 Å². The van der Waals surface area contributed by atoms with Gasteiger partial charge in [-0.3, -0.25) is 4.79 Å². The van der Waals surface area contributed by atoms with E-state index in [9.17, 15) is 9.59 Å². The molecule has 0 aromatic carbocycles. The van der Waals surface area contributed by atoms with Crippen LogP contribution in [0.1, 0.15) is 56.8 Å². The van der Waals surface area contributed by atoms with E-state index in [2.05, 4.69) is 17.2 Å². The number of hydrogen-bond donors (Lipinski definition) is 1. The third kappa shape index (κ3) is 4.63. The van der Waals surface area contributed by atoms with E-state index < -0.39 is 17.4 Å². The van der Waals surface area contributed by atoms with Crippen LogP contribution in [0.3, 0.4) is 0 Å². The number of pyridine rings is 1. The number of carbonyl (C=O) groups excluding carboxylic acids is 2. The SMILES string of the molecule is COC(=O)C1(NC(=O)c2cnc(OC(C)C)c(Cl)c2)CCC(C)CC1. The Morgan fingerprint density at radius 3 is 2.52 bits per heavy atom. The van der Waals surface area contributed by atoms with E-state index in [1.807, 2.05) is 13.8 Å². The summed E-state index contributed by atoms with van der Waals surface area (Å²) in [5.74, 6) is -0.00216. The topological polar surface area (TPSA) is 77.5 Å². The third-order valence-corrected chi connectivity index (χ3v) is 4.74. The number of aromatic nitrogens is 1. The average Bonchev–Trinajstić information content (AvgIpc) is 2.57. The van der Waals surface area contributed by atoms with Crippen LogP contribution in [-0.4, -0.2) is 35.6 Å². The fourth-order valence-electron chi connectivity index (χ4n) is 2.98. The van der Waals surface area contributed by atoms with E-state index in [-0.39, 0.29) is 22.6 Å². The summed E-state index contributed by atoms with van der Waals surface area (Å²) >= 11 is 6.14. The molecule has 1 aliphatic carbocycles. The van der Waals surface area contributed by atoms with Gasteiger partial charge < -0.3 is 14.8 Å². The van der Waals surface area contributed by atoms with E-state index in [0.717, 1.165) is 12.8 Å². The zero-order valence-electron chi connectivity index (χ0n) is 15.1. The predicted octanol–water partition coefficient (Wildman–Crippen LogP) is 3.37. The van der Waals surface area contributed by atoms with Crippen LogP contribution in [0.2, 0.25) is 5.02 Å². The number of hydrogen-bond acceptors (Lipinski definition) is 5. The Balaban J connectivity index is 2.18. The minimum absolute atomic E-state index is 0.0727. The Labute approximate surface area is 153 Å². The lowest BCUT2D eigenvalue weighted by atomic mass is 9.77. The number of amides is 1. The lowest BCUT2D eigenvalue weighted by molar-refractivity contribution is -0.150. The average molecular weight is 369 g/mol. The monoisotopic (exact) mass is 368 g/mol. The molecule has 25 heavy (non-hydrogen) atoms. The molecular weight excluding hydrogens is 344 g/mol. The molecule has 0 atom stereocenters. The quantitative estimate of drug-likeness (QED) is 0.806. The zero-order chi connectivity index (χ0) is 18.6. The van der Waals surface area contributed by atoms with Crippen LogP contribution in [0.4, 0.5) is 0 Å². The molecule has 0 aliphatic heterocycles. The van der Waals surface area contributed by atoms with Crippen LogP contribution in [0.15, 0.2) is 12.3 Å². The summed E-state index contributed by atoms with van der Waals surface area (Å²) in [6.45, 7) is 5.87. The first-order valence-electron chi connectivity index (χ1n) is 8.50. The van der Waals surface area contributed by atoms with Crippen molar-refractivity contribution in [2.24, 2.45) is 5.92 Å². The summed E-state index contributed by atoms with van der Waals surface area (Å²) in [7, 11) is 1.34. The molecule has 1 heterocycles. The second kappa shape index (κ2) is 8.04. The second-order valence-electron chi connectivity index (χ2n) is 6.89. The highest BCUT2D eigenvalue weighted by Crippen LogP contribution is 2.33. The van der Waals surface area contributed by atoms with Gasteiger partial charge in [-0.2, -0.15) is 0 Å². The predicted molar refractivity (Wildman–Crippen MR) is 94.9 cm³/mol. The molecule has 1 aromatic heterocycles. The molecule has 0 saturated heterocycles. The second-order valence-corrected chi connectivity index (χ2v) is 7.30. The largest absolute Gasteiger partial charge is 0.474 e. The molecule has 7 heteroatoms. The van der Waals surface area contributed by atoms with Crippen LogP contribution < -0.4 is 10.1 Å². The van der Waals surface area contributed by atoms with Crippen molar-refractivity contribution in [2.75, 3.05) is 7.11 Å². The molecule has 1 aromatic rings. The summed E-state index contributed by atoms with van der Waals surface area (Å²) in [5, 5.41) is 3.11. The highest BCUT2D eigenvalue weighted by Gasteiger charge is 2.43. The Hall–Kier alpha value is -1.82. The van der Waals surface area contributed by atoms with E-state index in [4.69, 9.17) is 21.1 Å². The van der Waals surface area contributed by atoms with Crippen molar-refractivity contribution in [3.63, 3.8) is 0 Å². The highest BCUT2D eigenvalue weighted by atomic mass is 35.5. The summed E-state index contributed by atoms with van der Waals surface area (Å²) < 4.78 is 10.4. The molecule has 1 N–H and O–H groups in total. The smallest absolute Gasteiger partial charge is 0.331 e. The lowest BCUT2D eigenvalue weighted by Crippen LogP contribution is -2.56. The maximum Gasteiger partial charge on any atom is 0.331 e. The summed E-state index contributed by atoms with van der Waals surface area (Å²) in [6, 6.07) is 1.50. The Kier molecular flexibility index (Phi) is 6.27. The van der Waals surface area contributed by atoms with Gasteiger partial charge in [0.15, 0.2) is 0 Å². The normalized spacial score (nSPS) is 23.2. The summed E-state index contributed by atoms with van der Waals surface area (Å²) in [4.78, 5) is 29.1. The number of rotatable bonds is 5. The van der Waals surface area contributed by atoms with Gasteiger partial charge in [-0.25, -0.2) is 9.78 Å². The summed E-state index contributed by atoms with van der Waals surface area (Å²) in [5.41, 5.74) is -0.708. The highest BCUT2D eigenvalue weighted by molar-refractivity contribution is 6.32. The van der Waals surface area contributed by atoms with Crippen LogP contribution in [0, 0.1) is 5.92 Å². The molecule has 0 unspecified atom stereocenters. The lowest BCUT2D eigenvalue weighted by Gasteiger charge is -2.37. The van der Waals surface area contributed by atoms with Gasteiger partial charge in [-0.15, -0.1) is 0 Å². The molecule has 0 bridgehead atoms. The minimum Gasteiger partial charge on any atom is -0.474 e. The van der Waals surface area contributed by atoms with Gasteiger partial charge in [0.2, 0.25) is 5.88 Å². The van der Waals surface area contributed by atoms with Gasteiger partial charge in [-0.05, 0) is 51.5 Å². The van der Waals surface area contributed by atoms with E-state index in [1.165, 1.54) is 19.4 Å². The zero-order valence-corrected chi connectivity index (χ0v) is 15.9. The maximum absolute atomic E-state index is 12.6. The van der Waals surface area contributed by atoms with Crippen molar-refractivity contribution < 1.29 is 19.1 Å². The fourth-order valence-corrected chi connectivity index (χ4v) is 3.19. The molecule has 1 saturated carbocycles. The molecule has 1 fully saturated rings. The van der Waals surface area contributed by atoms with Crippen molar-refractivity contribution in [3.05, 3.63) is 22.8 Å². The molecule has 1 aliphatic rings. The van der Waals surface area contributed by atoms with E-state index in [0.29, 0.717) is 18.8 Å². The third-order valence-electron chi connectivity index (χ3n) is 4.47. The van der Waals surface area contributed by atoms with E-state index >= 15 is 0 Å². The molecule has 0 radical (unpaired) electrons. The maximum atomic E-state index is 12.6. The fraction of sp³-hybridized carbons (Fsp3) is 0.611. The van der Waals surface area contributed by atoms with Gasteiger partial charge in [0, 0.05) is 6.20 Å². The number of methoxy groups -OCH3 is 1. The standard InChI is InChI=1S/C18H25ClN2O4/c1-11(2)25-16-14(19)9-13(10-20-16)15(22)21-18(17(23)24-4)7-5-12(3)6-8-18/h9-12H,5-8H2,1-4H3,(H,21,22). The van der Waals surface area contributed by atoms with E-state index in [1.54, 1.807) is 0 Å². The van der Waals surface area contributed by atoms with Crippen LogP contribution >= 0.6 is 11.6 Å². The van der Waals surface area contributed by atoms with Crippen molar-refractivity contribution in [2.45, 2.75) is 58.1 Å². The van der Waals surface area contributed by atoms with Gasteiger partial charge in [0.25, 0.3) is 5.91 Å². The van der Waals surface area contributed by atoms with Crippen molar-refractivity contribution >= 4 is 23.5 Å². The van der Waals surface area contributed by atoms with Gasteiger partial charge >= 0.3 is 5.97 Å². The van der Waals surface area contributed by atoms with Crippen LogP contribution in [-0.2, 0) is 9.53 Å². The Bertz CT molecular complexity index is 640. The number of nitrogens with zero attached hydrogens (tertiary/aromatic N) is 1. The molecular formula is C18H25ClN2O4. The first-order chi connectivity index (χ1) is 11.8. The minimum atomic E-state index is -0.988. The molecule has 138 valence electrons. The molecule has 6 nitrogen and oxygen atoms in total. The first kappa shape index (κ1) is 19.5. The number of esters is 1. The number of halogens is 1. The van der Waals surface area contributed by atoms with Crippen LogP contribution in [0.5, 0.6) is 5.88 Å². The van der Waals surface area contributed by atoms with Crippen molar-refractivity contribution in [1.29, 1.82) is 0 Å². The van der Waals surface area contributed by atoms with Gasteiger partial charge in [0.05, 0.1) is 18.8 Å². The van der Waals surface area contributed by atoms with Gasteiger partial charge in [-0.1, -0.05) is 18.5 Å². The number of nitrogens with one attached hydrogen (secondary N) is 1. The molecule has 2 rings (SSSR count). The van der Waals surface area contributed by atoms with Crippen molar-refractivity contribution in [1.82, 2.24) is 10.3 Å². The first-order valence-corrected chi connectivity index (χ1v) is 8.88. The Morgan fingerprint density at radius 1 is 1.36 bits per heavy atom. The molecule has 1 amide bonds.